The van der Waals surface area contributed by atoms with Gasteiger partial charge >= 0.3 is 0 Å². The van der Waals surface area contributed by atoms with Gasteiger partial charge in [0.05, 0.1) is 4.92 Å². The fraction of sp³-hybridized carbons (Fsp3) is 0.462. The molecule has 1 rings (SSSR count). The molecular formula is C13H18ClN3O3. The Kier molecular flexibility index (Phi) is 5.08. The lowest BCUT2D eigenvalue weighted by atomic mass is 9.85. The molecule has 110 valence electrons. The normalized spacial score (nSPS) is 12.8. The molecule has 0 aliphatic heterocycles. The van der Waals surface area contributed by atoms with Gasteiger partial charge in [0.25, 0.3) is 5.69 Å². The molecule has 6 nitrogen and oxygen atoms in total. The number of nitrogens with two attached hydrogens (primary N) is 1. The zero-order valence-corrected chi connectivity index (χ0v) is 12.4. The van der Waals surface area contributed by atoms with Crippen LogP contribution in [-0.2, 0) is 4.79 Å². The summed E-state index contributed by atoms with van der Waals surface area (Å²) in [6, 6.07) is 3.75. The standard InChI is InChI=1S/C13H18ClN3O3/c1-13(2,3)11(15)7-12(18)16-8-4-5-10(17(19)20)9(14)6-8/h4-6,11H,7,15H2,1-3H3,(H,16,18). The number of nitrogens with zero attached hydrogens (tertiary/aromatic N) is 1. The molecule has 1 aromatic carbocycles. The lowest BCUT2D eigenvalue weighted by Crippen LogP contribution is -2.38. The number of halogens is 1. The van der Waals surface area contributed by atoms with Crippen molar-refractivity contribution in [2.24, 2.45) is 11.1 Å². The molecule has 0 saturated heterocycles. The maximum atomic E-state index is 11.8. The Morgan fingerprint density at radius 2 is 2.10 bits per heavy atom. The van der Waals surface area contributed by atoms with Gasteiger partial charge in [-0.3, -0.25) is 14.9 Å². The van der Waals surface area contributed by atoms with E-state index in [9.17, 15) is 14.9 Å². The summed E-state index contributed by atoms with van der Waals surface area (Å²) < 4.78 is 0. The van der Waals surface area contributed by atoms with E-state index in [2.05, 4.69) is 5.32 Å². The Balaban J connectivity index is 2.72. The van der Waals surface area contributed by atoms with Gasteiger partial charge in [-0.25, -0.2) is 0 Å². The minimum absolute atomic E-state index is 0.0204. The summed E-state index contributed by atoms with van der Waals surface area (Å²) in [6.45, 7) is 5.86. The first-order chi connectivity index (χ1) is 9.11. The van der Waals surface area contributed by atoms with Crippen LogP contribution in [0, 0.1) is 15.5 Å². The number of carbonyl (C=O) groups excluding carboxylic acids is 1. The molecule has 1 atom stereocenters. The molecule has 0 heterocycles. The van der Waals surface area contributed by atoms with Crippen molar-refractivity contribution in [2.45, 2.75) is 33.2 Å². The van der Waals surface area contributed by atoms with Crippen molar-refractivity contribution in [2.75, 3.05) is 5.32 Å². The second-order valence-corrected chi connectivity index (χ2v) is 6.06. The molecule has 1 aromatic rings. The Morgan fingerprint density at radius 3 is 2.55 bits per heavy atom. The number of anilines is 1. The number of carbonyl (C=O) groups is 1. The number of benzene rings is 1. The van der Waals surface area contributed by atoms with E-state index in [4.69, 9.17) is 17.3 Å². The van der Waals surface area contributed by atoms with Crippen LogP contribution < -0.4 is 11.1 Å². The molecule has 20 heavy (non-hydrogen) atoms. The third-order valence-electron chi connectivity index (χ3n) is 2.95. The van der Waals surface area contributed by atoms with Crippen LogP contribution in [0.1, 0.15) is 27.2 Å². The third-order valence-corrected chi connectivity index (χ3v) is 3.25. The number of hydrogen-bond acceptors (Lipinski definition) is 4. The summed E-state index contributed by atoms with van der Waals surface area (Å²) in [5, 5.41) is 13.2. The van der Waals surface area contributed by atoms with Crippen molar-refractivity contribution < 1.29 is 9.72 Å². The van der Waals surface area contributed by atoms with Gasteiger partial charge in [0.1, 0.15) is 5.02 Å². The quantitative estimate of drug-likeness (QED) is 0.659. The summed E-state index contributed by atoms with van der Waals surface area (Å²) in [5.74, 6) is -0.252. The maximum Gasteiger partial charge on any atom is 0.288 e. The molecule has 1 amide bonds. The smallest absolute Gasteiger partial charge is 0.288 e. The molecule has 7 heteroatoms. The van der Waals surface area contributed by atoms with Crippen molar-refractivity contribution in [3.05, 3.63) is 33.3 Å². The van der Waals surface area contributed by atoms with Gasteiger partial charge in [-0.1, -0.05) is 32.4 Å². The number of nitro benzene ring substituents is 1. The largest absolute Gasteiger partial charge is 0.327 e. The van der Waals surface area contributed by atoms with Crippen LogP contribution in [0.15, 0.2) is 18.2 Å². The average Bonchev–Trinajstić information content (AvgIpc) is 2.26. The monoisotopic (exact) mass is 299 g/mol. The van der Waals surface area contributed by atoms with Gasteiger partial charge in [-0.2, -0.15) is 0 Å². The molecule has 0 spiro atoms. The van der Waals surface area contributed by atoms with Gasteiger partial charge in [0.2, 0.25) is 5.91 Å². The van der Waals surface area contributed by atoms with Gasteiger partial charge in [0, 0.05) is 24.2 Å². The number of hydrogen-bond donors (Lipinski definition) is 2. The summed E-state index contributed by atoms with van der Waals surface area (Å²) in [5.41, 5.74) is 5.96. The first-order valence-electron chi connectivity index (χ1n) is 6.10. The average molecular weight is 300 g/mol. The molecular weight excluding hydrogens is 282 g/mol. The third kappa shape index (κ3) is 4.47. The van der Waals surface area contributed by atoms with Crippen molar-refractivity contribution >= 4 is 28.9 Å². The molecule has 0 aliphatic rings. The van der Waals surface area contributed by atoms with E-state index in [0.29, 0.717) is 5.69 Å². The van der Waals surface area contributed by atoms with Crippen LogP contribution in [0.4, 0.5) is 11.4 Å². The number of nitro groups is 1. The highest BCUT2D eigenvalue weighted by molar-refractivity contribution is 6.33. The Morgan fingerprint density at radius 1 is 1.50 bits per heavy atom. The summed E-state index contributed by atoms with van der Waals surface area (Å²) in [7, 11) is 0. The second-order valence-electron chi connectivity index (χ2n) is 5.65. The Hall–Kier alpha value is -1.66. The van der Waals surface area contributed by atoms with Crippen LogP contribution in [0.3, 0.4) is 0 Å². The molecule has 0 saturated carbocycles. The van der Waals surface area contributed by atoms with Crippen molar-refractivity contribution in [3.8, 4) is 0 Å². The van der Waals surface area contributed by atoms with E-state index in [1.807, 2.05) is 20.8 Å². The zero-order valence-electron chi connectivity index (χ0n) is 11.6. The van der Waals surface area contributed by atoms with Crippen LogP contribution in [0.25, 0.3) is 0 Å². The fourth-order valence-electron chi connectivity index (χ4n) is 1.45. The summed E-state index contributed by atoms with van der Waals surface area (Å²) in [6.07, 6.45) is 0.165. The topological polar surface area (TPSA) is 98.3 Å². The highest BCUT2D eigenvalue weighted by Gasteiger charge is 2.23. The number of amides is 1. The number of nitrogens with one attached hydrogen (secondary N) is 1. The minimum atomic E-state index is -0.580. The van der Waals surface area contributed by atoms with E-state index >= 15 is 0 Å². The fourth-order valence-corrected chi connectivity index (χ4v) is 1.70. The predicted molar refractivity (Wildman–Crippen MR) is 78.8 cm³/mol. The first kappa shape index (κ1) is 16.4. The summed E-state index contributed by atoms with van der Waals surface area (Å²) >= 11 is 5.77. The highest BCUT2D eigenvalue weighted by atomic mass is 35.5. The van der Waals surface area contributed by atoms with Crippen LogP contribution in [0.5, 0.6) is 0 Å². The Bertz CT molecular complexity index is 526. The lowest BCUT2D eigenvalue weighted by Gasteiger charge is -2.26. The second kappa shape index (κ2) is 6.19. The molecule has 0 radical (unpaired) electrons. The van der Waals surface area contributed by atoms with E-state index in [0.717, 1.165) is 0 Å². The highest BCUT2D eigenvalue weighted by Crippen LogP contribution is 2.27. The molecule has 0 aliphatic carbocycles. The Labute approximate surface area is 122 Å². The van der Waals surface area contributed by atoms with Crippen molar-refractivity contribution in [3.63, 3.8) is 0 Å². The molecule has 1 unspecified atom stereocenters. The SMILES string of the molecule is CC(C)(C)C(N)CC(=O)Nc1ccc([N+](=O)[O-])c(Cl)c1. The molecule has 3 N–H and O–H groups in total. The zero-order chi connectivity index (χ0) is 15.5. The number of rotatable bonds is 4. The van der Waals surface area contributed by atoms with Gasteiger partial charge < -0.3 is 11.1 Å². The van der Waals surface area contributed by atoms with Crippen LogP contribution >= 0.6 is 11.6 Å². The summed E-state index contributed by atoms with van der Waals surface area (Å²) in [4.78, 5) is 21.9. The lowest BCUT2D eigenvalue weighted by molar-refractivity contribution is -0.384. The van der Waals surface area contributed by atoms with Gasteiger partial charge in [-0.05, 0) is 17.5 Å². The van der Waals surface area contributed by atoms with Crippen LogP contribution in [0.2, 0.25) is 5.02 Å². The predicted octanol–water partition coefficient (Wildman–Crippen LogP) is 2.95. The molecule has 0 fully saturated rings. The minimum Gasteiger partial charge on any atom is -0.327 e. The molecule has 0 bridgehead atoms. The van der Waals surface area contributed by atoms with E-state index in [-0.39, 0.29) is 34.5 Å². The van der Waals surface area contributed by atoms with Gasteiger partial charge in [0.15, 0.2) is 0 Å². The van der Waals surface area contributed by atoms with Crippen LogP contribution in [-0.4, -0.2) is 16.9 Å². The van der Waals surface area contributed by atoms with E-state index in [1.165, 1.54) is 18.2 Å². The van der Waals surface area contributed by atoms with E-state index in [1.54, 1.807) is 0 Å². The van der Waals surface area contributed by atoms with E-state index < -0.39 is 4.92 Å². The van der Waals surface area contributed by atoms with Crippen molar-refractivity contribution in [1.82, 2.24) is 0 Å². The molecule has 0 aromatic heterocycles. The van der Waals surface area contributed by atoms with Crippen molar-refractivity contribution in [1.29, 1.82) is 0 Å². The van der Waals surface area contributed by atoms with Gasteiger partial charge in [-0.15, -0.1) is 0 Å². The first-order valence-corrected chi connectivity index (χ1v) is 6.48. The maximum absolute atomic E-state index is 11.8.